The van der Waals surface area contributed by atoms with Crippen molar-refractivity contribution in [1.29, 1.82) is 0 Å². The predicted molar refractivity (Wildman–Crippen MR) is 119 cm³/mol. The number of ether oxygens (including phenoxy) is 1. The van der Waals surface area contributed by atoms with E-state index in [2.05, 4.69) is 10.6 Å². The minimum Gasteiger partial charge on any atom is -0.491 e. The molecule has 3 unspecified atom stereocenters. The van der Waals surface area contributed by atoms with Crippen molar-refractivity contribution in [2.75, 3.05) is 19.7 Å². The van der Waals surface area contributed by atoms with Crippen molar-refractivity contribution < 1.29 is 19.7 Å². The summed E-state index contributed by atoms with van der Waals surface area (Å²) >= 11 is 0. The molecule has 0 amide bonds. The summed E-state index contributed by atoms with van der Waals surface area (Å²) < 4.78 is 5.57. The monoisotopic (exact) mass is 414 g/mol. The van der Waals surface area contributed by atoms with E-state index in [1.807, 2.05) is 51.1 Å². The third-order valence-corrected chi connectivity index (χ3v) is 4.81. The van der Waals surface area contributed by atoms with Gasteiger partial charge in [0.2, 0.25) is 0 Å². The van der Waals surface area contributed by atoms with Gasteiger partial charge in [0.15, 0.2) is 5.78 Å². The molecule has 6 nitrogen and oxygen atoms in total. The van der Waals surface area contributed by atoms with Crippen molar-refractivity contribution in [2.24, 2.45) is 0 Å². The van der Waals surface area contributed by atoms with Crippen LogP contribution in [-0.4, -0.2) is 53.9 Å². The normalized spacial score (nSPS) is 14.3. The lowest BCUT2D eigenvalue weighted by molar-refractivity contribution is 0.0970. The van der Waals surface area contributed by atoms with Gasteiger partial charge in [-0.2, -0.15) is 0 Å². The van der Waals surface area contributed by atoms with Crippen LogP contribution in [0.4, 0.5) is 0 Å². The Balaban J connectivity index is 1.72. The Morgan fingerprint density at radius 3 is 2.27 bits per heavy atom. The van der Waals surface area contributed by atoms with E-state index < -0.39 is 12.2 Å². The van der Waals surface area contributed by atoms with E-state index in [9.17, 15) is 15.0 Å². The molecule has 4 N–H and O–H groups in total. The highest BCUT2D eigenvalue weighted by atomic mass is 16.5. The Hall–Kier alpha value is -2.25. The van der Waals surface area contributed by atoms with Crippen molar-refractivity contribution in [3.8, 4) is 5.75 Å². The van der Waals surface area contributed by atoms with E-state index in [4.69, 9.17) is 4.74 Å². The minimum absolute atomic E-state index is 0.0246. The fourth-order valence-corrected chi connectivity index (χ4v) is 2.97. The van der Waals surface area contributed by atoms with Crippen LogP contribution in [0.1, 0.15) is 49.2 Å². The summed E-state index contributed by atoms with van der Waals surface area (Å²) in [5.74, 6) is 0.643. The van der Waals surface area contributed by atoms with Gasteiger partial charge in [-0.1, -0.05) is 44.2 Å². The number of nitrogens with one attached hydrogen (secondary N) is 2. The van der Waals surface area contributed by atoms with Crippen LogP contribution < -0.4 is 15.4 Å². The van der Waals surface area contributed by atoms with Crippen molar-refractivity contribution in [3.05, 3.63) is 65.7 Å². The fraction of sp³-hybridized carbons (Fsp3) is 0.458. The average Bonchev–Trinajstić information content (AvgIpc) is 2.76. The van der Waals surface area contributed by atoms with Crippen molar-refractivity contribution >= 4 is 5.78 Å². The number of ketones is 1. The Kier molecular flexibility index (Phi) is 9.97. The fourth-order valence-electron chi connectivity index (χ4n) is 2.97. The zero-order chi connectivity index (χ0) is 21.9. The van der Waals surface area contributed by atoms with E-state index in [0.29, 0.717) is 36.9 Å². The van der Waals surface area contributed by atoms with E-state index in [-0.39, 0.29) is 18.4 Å². The molecule has 0 radical (unpaired) electrons. The predicted octanol–water partition coefficient (Wildman–Crippen LogP) is 2.71. The Bertz CT molecular complexity index is 750. The zero-order valence-corrected chi connectivity index (χ0v) is 18.0. The average molecular weight is 415 g/mol. The first-order valence-corrected chi connectivity index (χ1v) is 10.5. The van der Waals surface area contributed by atoms with Gasteiger partial charge in [0.05, 0.1) is 6.10 Å². The van der Waals surface area contributed by atoms with Crippen LogP contribution in [0.25, 0.3) is 0 Å². The molecule has 0 aliphatic heterocycles. The molecule has 0 heterocycles. The van der Waals surface area contributed by atoms with Gasteiger partial charge in [-0.3, -0.25) is 4.79 Å². The van der Waals surface area contributed by atoms with Crippen molar-refractivity contribution in [3.63, 3.8) is 0 Å². The molecule has 0 bridgehead atoms. The second kappa shape index (κ2) is 12.4. The van der Waals surface area contributed by atoms with Crippen LogP contribution in [0, 0.1) is 0 Å². The largest absolute Gasteiger partial charge is 0.491 e. The zero-order valence-electron chi connectivity index (χ0n) is 18.0. The van der Waals surface area contributed by atoms with Crippen molar-refractivity contribution in [2.45, 2.75) is 51.5 Å². The summed E-state index contributed by atoms with van der Waals surface area (Å²) in [7, 11) is 0. The molecule has 0 aromatic heterocycles. The van der Waals surface area contributed by atoms with Crippen LogP contribution in [0.2, 0.25) is 0 Å². The standard InChI is InChI=1S/C24H34N2O4/c1-17(2)26-15-21(27)16-30-22-11-9-19(10-12-22)23(28)13-14-25-18(3)24(29)20-7-5-4-6-8-20/h4-12,17-18,21,24-27,29H,13-16H2,1-3H3. The maximum Gasteiger partial charge on any atom is 0.164 e. The Morgan fingerprint density at radius 2 is 1.63 bits per heavy atom. The second-order valence-corrected chi connectivity index (χ2v) is 7.82. The minimum atomic E-state index is -0.621. The van der Waals surface area contributed by atoms with Crippen molar-refractivity contribution in [1.82, 2.24) is 10.6 Å². The van der Waals surface area contributed by atoms with Gasteiger partial charge >= 0.3 is 0 Å². The number of carbonyl (C=O) groups excluding carboxylic acids is 1. The maximum atomic E-state index is 12.4. The first-order valence-electron chi connectivity index (χ1n) is 10.5. The molecule has 6 heteroatoms. The van der Waals surface area contributed by atoms with Crippen LogP contribution in [0.5, 0.6) is 5.75 Å². The third kappa shape index (κ3) is 8.24. The van der Waals surface area contributed by atoms with Gasteiger partial charge in [-0.05, 0) is 36.8 Å². The van der Waals surface area contributed by atoms with E-state index >= 15 is 0 Å². The van der Waals surface area contributed by atoms with E-state index in [0.717, 1.165) is 5.56 Å². The molecule has 0 fully saturated rings. The smallest absolute Gasteiger partial charge is 0.164 e. The van der Waals surface area contributed by atoms with E-state index in [1.165, 1.54) is 0 Å². The van der Waals surface area contributed by atoms with Gasteiger partial charge in [0.25, 0.3) is 0 Å². The molecular weight excluding hydrogens is 380 g/mol. The number of rotatable bonds is 13. The molecule has 0 spiro atoms. The number of benzene rings is 2. The molecule has 0 saturated heterocycles. The molecule has 0 saturated carbocycles. The Morgan fingerprint density at radius 1 is 0.967 bits per heavy atom. The van der Waals surface area contributed by atoms with Gasteiger partial charge in [0.1, 0.15) is 18.5 Å². The number of aliphatic hydroxyl groups excluding tert-OH is 2. The quantitative estimate of drug-likeness (QED) is 0.377. The highest BCUT2D eigenvalue weighted by molar-refractivity contribution is 5.96. The lowest BCUT2D eigenvalue weighted by Gasteiger charge is -2.20. The van der Waals surface area contributed by atoms with Gasteiger partial charge < -0.3 is 25.6 Å². The third-order valence-electron chi connectivity index (χ3n) is 4.81. The summed E-state index contributed by atoms with van der Waals surface area (Å²) in [6.07, 6.45) is -0.872. The van der Waals surface area contributed by atoms with E-state index in [1.54, 1.807) is 24.3 Å². The summed E-state index contributed by atoms with van der Waals surface area (Å²) in [5.41, 5.74) is 1.46. The summed E-state index contributed by atoms with van der Waals surface area (Å²) in [6, 6.07) is 16.6. The molecule has 0 aliphatic carbocycles. The highest BCUT2D eigenvalue weighted by Gasteiger charge is 2.16. The van der Waals surface area contributed by atoms with Gasteiger partial charge in [-0.15, -0.1) is 0 Å². The van der Waals surface area contributed by atoms with Crippen LogP contribution in [0.3, 0.4) is 0 Å². The lowest BCUT2D eigenvalue weighted by Crippen LogP contribution is -2.35. The number of aliphatic hydroxyl groups is 2. The molecule has 2 aromatic carbocycles. The second-order valence-electron chi connectivity index (χ2n) is 7.82. The number of carbonyl (C=O) groups is 1. The summed E-state index contributed by atoms with van der Waals surface area (Å²) in [4.78, 5) is 12.4. The van der Waals surface area contributed by atoms with Crippen LogP contribution >= 0.6 is 0 Å². The van der Waals surface area contributed by atoms with Crippen LogP contribution in [-0.2, 0) is 0 Å². The summed E-state index contributed by atoms with van der Waals surface area (Å²) in [6.45, 7) is 7.09. The number of Topliss-reactive ketones (excluding diaryl/α,β-unsaturated/α-hetero) is 1. The van der Waals surface area contributed by atoms with Crippen LogP contribution in [0.15, 0.2) is 54.6 Å². The number of hydrogen-bond acceptors (Lipinski definition) is 6. The Labute approximate surface area is 179 Å². The van der Waals surface area contributed by atoms with Gasteiger partial charge in [-0.25, -0.2) is 0 Å². The molecule has 2 aromatic rings. The molecule has 2 rings (SSSR count). The maximum absolute atomic E-state index is 12.4. The SMILES string of the molecule is CC(C)NCC(O)COc1ccc(C(=O)CCNC(C)C(O)c2ccccc2)cc1. The molecule has 3 atom stereocenters. The number of hydrogen-bond donors (Lipinski definition) is 4. The van der Waals surface area contributed by atoms with Gasteiger partial charge in [0, 0.05) is 37.2 Å². The molecule has 30 heavy (non-hydrogen) atoms. The first kappa shape index (κ1) is 24.0. The molecule has 0 aliphatic rings. The lowest BCUT2D eigenvalue weighted by atomic mass is 10.0. The first-order chi connectivity index (χ1) is 14.4. The summed E-state index contributed by atoms with van der Waals surface area (Å²) in [5, 5.41) is 26.6. The highest BCUT2D eigenvalue weighted by Crippen LogP contribution is 2.17. The topological polar surface area (TPSA) is 90.8 Å². The molecule has 164 valence electrons. The molecular formula is C24H34N2O4.